The number of fused-ring (bicyclic) bond motifs is 1. The lowest BCUT2D eigenvalue weighted by Crippen LogP contribution is -2.34. The number of nitrogens with zero attached hydrogens (tertiary/aromatic N) is 4. The first-order valence-electron chi connectivity index (χ1n) is 12.4. The van der Waals surface area contributed by atoms with Crippen molar-refractivity contribution < 1.29 is 14.0 Å². The van der Waals surface area contributed by atoms with E-state index in [9.17, 15) is 18.8 Å². The molecule has 2 atom stereocenters. The number of aromatic nitrogens is 3. The zero-order valence-electron chi connectivity index (χ0n) is 21.8. The molecule has 2 aromatic heterocycles. The van der Waals surface area contributed by atoms with Gasteiger partial charge in [0.15, 0.2) is 0 Å². The Kier molecular flexibility index (Phi) is 7.62. The lowest BCUT2D eigenvalue weighted by Gasteiger charge is -2.19. The summed E-state index contributed by atoms with van der Waals surface area (Å²) in [4.78, 5) is 23.9. The van der Waals surface area contributed by atoms with Crippen molar-refractivity contribution in [2.75, 3.05) is 30.0 Å². The van der Waals surface area contributed by atoms with Gasteiger partial charge < -0.3 is 15.3 Å². The van der Waals surface area contributed by atoms with Gasteiger partial charge in [-0.1, -0.05) is 41.7 Å². The van der Waals surface area contributed by atoms with Crippen LogP contribution in [0.1, 0.15) is 35.6 Å². The van der Waals surface area contributed by atoms with Crippen LogP contribution >= 0.6 is 25.4 Å². The van der Waals surface area contributed by atoms with Crippen molar-refractivity contribution in [3.63, 3.8) is 0 Å². The summed E-state index contributed by atoms with van der Waals surface area (Å²) in [5.41, 5.74) is 3.55. The van der Waals surface area contributed by atoms with Gasteiger partial charge in [0.25, 0.3) is 13.1 Å². The maximum atomic E-state index is 14.3. The molecule has 0 bridgehead atoms. The first-order valence-corrected chi connectivity index (χ1v) is 18.4. The second-order valence-electron chi connectivity index (χ2n) is 9.64. The highest BCUT2D eigenvalue weighted by molar-refractivity contribution is 8.57. The standard InChI is InChI=1S/C26H30N6O4P2S/c1-37(34,35)29-21-13-11-20(12-14-21)28-25(30-38(2,36)39-3)23-24(19-9-10-19)32-22(15-16-27-32)31(26(23)33)17-18-7-5-4-6-8-18/h4-8,11-16,19H,9-10,17H2,1-3H3,(H,28,30,36)(H2,29,34,35). The lowest BCUT2D eigenvalue weighted by atomic mass is 10.1. The van der Waals surface area contributed by atoms with Gasteiger partial charge in [-0.05, 0) is 48.9 Å². The fourth-order valence-electron chi connectivity index (χ4n) is 4.38. The summed E-state index contributed by atoms with van der Waals surface area (Å²) in [6.45, 7) is 0.0604. The number of benzene rings is 2. The van der Waals surface area contributed by atoms with Crippen molar-refractivity contribution in [1.29, 1.82) is 0 Å². The summed E-state index contributed by atoms with van der Waals surface area (Å²) in [5, 5.41) is 10.4. The van der Waals surface area contributed by atoms with Gasteiger partial charge >= 0.3 is 0 Å². The summed E-state index contributed by atoms with van der Waals surface area (Å²) in [6.07, 6.45) is 5.25. The van der Waals surface area contributed by atoms with E-state index in [0.29, 0.717) is 29.1 Å². The highest BCUT2D eigenvalue weighted by atomic mass is 32.7. The van der Waals surface area contributed by atoms with Crippen molar-refractivity contribution >= 4 is 48.3 Å². The number of hydrogen-bond acceptors (Lipinski definition) is 5. The van der Waals surface area contributed by atoms with Gasteiger partial charge in [-0.2, -0.15) is 9.86 Å². The van der Waals surface area contributed by atoms with Crippen molar-refractivity contribution in [1.82, 2.24) is 14.2 Å². The Morgan fingerprint density at radius 1 is 1.08 bits per heavy atom. The largest absolute Gasteiger partial charge is 0.339 e. The molecule has 13 heteroatoms. The average molecular weight is 585 g/mol. The Hall–Kier alpha value is -3.10. The van der Waals surface area contributed by atoms with E-state index in [1.807, 2.05) is 36.4 Å². The van der Waals surface area contributed by atoms with Gasteiger partial charge in [0.2, 0.25) is 6.49 Å². The Morgan fingerprint density at radius 3 is 2.36 bits per heavy atom. The van der Waals surface area contributed by atoms with Crippen LogP contribution in [0.15, 0.2) is 76.4 Å². The van der Waals surface area contributed by atoms with Crippen molar-refractivity contribution in [2.24, 2.45) is 4.76 Å². The summed E-state index contributed by atoms with van der Waals surface area (Å²) in [6, 6.07) is 18.3. The minimum atomic E-state index is -3.47. The summed E-state index contributed by atoms with van der Waals surface area (Å²) in [5.74, 6) is 0.346. The first kappa shape index (κ1) is 27.5. The molecule has 1 saturated carbocycles. The molecule has 2 unspecified atom stereocenters. The van der Waals surface area contributed by atoms with Crippen LogP contribution in [-0.2, 0) is 15.7 Å². The van der Waals surface area contributed by atoms with Gasteiger partial charge in [-0.15, -0.1) is 0 Å². The van der Waals surface area contributed by atoms with E-state index in [4.69, 9.17) is 0 Å². The van der Waals surface area contributed by atoms with Crippen LogP contribution in [0.3, 0.4) is 0 Å². The van der Waals surface area contributed by atoms with E-state index in [1.54, 1.807) is 52.5 Å². The monoisotopic (exact) mass is 584 g/mol. The Bertz CT molecular complexity index is 1690. The maximum absolute atomic E-state index is 14.3. The molecule has 10 nitrogen and oxygen atoms in total. The van der Waals surface area contributed by atoms with E-state index in [2.05, 4.69) is 20.3 Å². The average Bonchev–Trinajstić information content (AvgIpc) is 3.61. The Balaban J connectivity index is 1.68. The van der Waals surface area contributed by atoms with Gasteiger partial charge in [0.05, 0.1) is 18.4 Å². The molecular weight excluding hydrogens is 554 g/mol. The van der Waals surface area contributed by atoms with Crippen molar-refractivity contribution in [2.45, 2.75) is 25.3 Å². The number of anilines is 2. The van der Waals surface area contributed by atoms with Crippen LogP contribution in [0.4, 0.5) is 11.4 Å². The summed E-state index contributed by atoms with van der Waals surface area (Å²) in [7, 11) is -3.47. The molecule has 1 aliphatic carbocycles. The quantitative estimate of drug-likeness (QED) is 0.130. The summed E-state index contributed by atoms with van der Waals surface area (Å²) >= 11 is 1.15. The van der Waals surface area contributed by atoms with E-state index in [-0.39, 0.29) is 17.3 Å². The highest BCUT2D eigenvalue weighted by Gasteiger charge is 2.34. The summed E-state index contributed by atoms with van der Waals surface area (Å²) < 4.78 is 33.1. The van der Waals surface area contributed by atoms with E-state index < -0.39 is 14.0 Å². The molecule has 0 radical (unpaired) electrons. The molecule has 0 aliphatic heterocycles. The zero-order valence-corrected chi connectivity index (χ0v) is 24.4. The molecule has 5 rings (SSSR count). The molecule has 1 fully saturated rings. The van der Waals surface area contributed by atoms with Crippen LogP contribution in [0.25, 0.3) is 5.65 Å². The SMILES string of the molecule is CSP(C)(=O)/N=C(\Nc1ccc(NP(C)(=O)O)cc1)c1c(C2CC2)n2nccc2n(Cc2ccccc2)c1=O. The number of rotatable bonds is 9. The minimum Gasteiger partial charge on any atom is -0.339 e. The molecule has 0 spiro atoms. The van der Waals surface area contributed by atoms with Crippen molar-refractivity contribution in [3.8, 4) is 0 Å². The first-order chi connectivity index (χ1) is 18.5. The smallest absolute Gasteiger partial charge is 0.288 e. The normalized spacial score (nSPS) is 17.0. The van der Waals surface area contributed by atoms with Crippen LogP contribution in [0.2, 0.25) is 0 Å². The molecule has 2 aromatic carbocycles. The maximum Gasteiger partial charge on any atom is 0.288 e. The lowest BCUT2D eigenvalue weighted by molar-refractivity contribution is 0.491. The fourth-order valence-corrected chi connectivity index (χ4v) is 6.09. The zero-order chi connectivity index (χ0) is 27.8. The second kappa shape index (κ2) is 10.8. The number of hydrogen-bond donors (Lipinski definition) is 3. The second-order valence-corrected chi connectivity index (χ2v) is 16.9. The predicted molar refractivity (Wildman–Crippen MR) is 160 cm³/mol. The molecule has 39 heavy (non-hydrogen) atoms. The molecule has 0 saturated heterocycles. The third-order valence-corrected chi connectivity index (χ3v) is 10.5. The fraction of sp³-hybridized carbons (Fsp3) is 0.269. The van der Waals surface area contributed by atoms with Gasteiger partial charge in [0, 0.05) is 36.7 Å². The minimum absolute atomic E-state index is 0.133. The molecule has 3 N–H and O–H groups in total. The molecule has 1 aliphatic rings. The molecule has 2 heterocycles. The van der Waals surface area contributed by atoms with E-state index in [0.717, 1.165) is 35.5 Å². The Morgan fingerprint density at radius 2 is 1.74 bits per heavy atom. The molecule has 0 amide bonds. The Labute approximate surface area is 230 Å². The molecule has 204 valence electrons. The van der Waals surface area contributed by atoms with Crippen LogP contribution in [0.5, 0.6) is 0 Å². The molecular formula is C26H30N6O4P2S. The van der Waals surface area contributed by atoms with E-state index in [1.165, 1.54) is 6.66 Å². The number of nitrogens with one attached hydrogen (secondary N) is 2. The van der Waals surface area contributed by atoms with Crippen LogP contribution in [0, 0.1) is 0 Å². The number of amidine groups is 1. The van der Waals surface area contributed by atoms with Crippen LogP contribution < -0.4 is 16.0 Å². The van der Waals surface area contributed by atoms with E-state index >= 15 is 0 Å². The van der Waals surface area contributed by atoms with Crippen molar-refractivity contribution in [3.05, 3.63) is 94.0 Å². The van der Waals surface area contributed by atoms with Crippen LogP contribution in [-0.4, -0.2) is 44.5 Å². The third kappa shape index (κ3) is 6.39. The van der Waals surface area contributed by atoms with Gasteiger partial charge in [-0.25, -0.2) is 4.52 Å². The van der Waals surface area contributed by atoms with Gasteiger partial charge in [-0.3, -0.25) is 18.5 Å². The van der Waals surface area contributed by atoms with Gasteiger partial charge in [0.1, 0.15) is 17.0 Å². The third-order valence-electron chi connectivity index (χ3n) is 6.33. The topological polar surface area (TPSA) is 130 Å². The molecule has 4 aromatic rings. The predicted octanol–water partition coefficient (Wildman–Crippen LogP) is 5.69. The highest BCUT2D eigenvalue weighted by Crippen LogP contribution is 2.55.